The molecule has 0 aromatic heterocycles. The Morgan fingerprint density at radius 1 is 1.11 bits per heavy atom. The third-order valence-corrected chi connectivity index (χ3v) is 2.47. The van der Waals surface area contributed by atoms with E-state index in [1.807, 2.05) is 19.1 Å². The highest BCUT2D eigenvalue weighted by Gasteiger charge is 1.98. The minimum Gasteiger partial charge on any atom is -0.473 e. The van der Waals surface area contributed by atoms with E-state index in [4.69, 9.17) is 4.74 Å². The molecule has 0 aliphatic rings. The molecule has 0 aliphatic heterocycles. The summed E-state index contributed by atoms with van der Waals surface area (Å²) in [4.78, 5) is 11.2. The number of hydrogen-bond acceptors (Lipinski definition) is 2. The van der Waals surface area contributed by atoms with E-state index in [9.17, 15) is 4.79 Å². The van der Waals surface area contributed by atoms with E-state index in [-0.39, 0.29) is 12.8 Å². The zero-order valence-corrected chi connectivity index (χ0v) is 11.2. The van der Waals surface area contributed by atoms with E-state index in [1.54, 1.807) is 0 Å². The van der Waals surface area contributed by atoms with Crippen molar-refractivity contribution < 1.29 is 9.53 Å². The van der Waals surface area contributed by atoms with Gasteiger partial charge in [-0.2, -0.15) is 0 Å². The number of amides is 2. The Kier molecular flexibility index (Phi) is 6.69. The van der Waals surface area contributed by atoms with Gasteiger partial charge in [0.1, 0.15) is 5.75 Å². The summed E-state index contributed by atoms with van der Waals surface area (Å²) in [7, 11) is 0. The standard InChI is InChI=1S/C14H22N2O2/c1-3-5-12-6-8-13(9-7-12)18-11-16-14(17)15-10-4-2/h6-9H,3-5,10-11H2,1-2H3,(H2,15,16,17). The Morgan fingerprint density at radius 3 is 2.44 bits per heavy atom. The molecule has 2 amide bonds. The maximum atomic E-state index is 11.2. The molecule has 0 saturated heterocycles. The van der Waals surface area contributed by atoms with Crippen LogP contribution in [0.5, 0.6) is 5.75 Å². The maximum absolute atomic E-state index is 11.2. The molecular weight excluding hydrogens is 228 g/mol. The number of benzene rings is 1. The van der Waals surface area contributed by atoms with Crippen molar-refractivity contribution in [3.8, 4) is 5.75 Å². The summed E-state index contributed by atoms with van der Waals surface area (Å²) in [6, 6.07) is 7.76. The first kappa shape index (κ1) is 14.4. The van der Waals surface area contributed by atoms with Crippen molar-refractivity contribution in [1.29, 1.82) is 0 Å². The van der Waals surface area contributed by atoms with Crippen molar-refractivity contribution in [1.82, 2.24) is 10.6 Å². The van der Waals surface area contributed by atoms with Crippen molar-refractivity contribution in [3.63, 3.8) is 0 Å². The van der Waals surface area contributed by atoms with E-state index in [1.165, 1.54) is 5.56 Å². The zero-order chi connectivity index (χ0) is 13.2. The van der Waals surface area contributed by atoms with Crippen LogP contribution < -0.4 is 15.4 Å². The van der Waals surface area contributed by atoms with Crippen LogP contribution in [-0.2, 0) is 6.42 Å². The normalized spacial score (nSPS) is 9.89. The molecule has 100 valence electrons. The Bertz CT molecular complexity index is 349. The van der Waals surface area contributed by atoms with Gasteiger partial charge in [0.25, 0.3) is 0 Å². The van der Waals surface area contributed by atoms with Crippen LogP contribution in [0.1, 0.15) is 32.3 Å². The van der Waals surface area contributed by atoms with Gasteiger partial charge in [-0.1, -0.05) is 32.4 Å². The van der Waals surface area contributed by atoms with Crippen LogP contribution in [0.15, 0.2) is 24.3 Å². The highest BCUT2D eigenvalue weighted by atomic mass is 16.5. The monoisotopic (exact) mass is 250 g/mol. The molecule has 0 bridgehead atoms. The van der Waals surface area contributed by atoms with E-state index in [2.05, 4.69) is 29.7 Å². The van der Waals surface area contributed by atoms with Crippen LogP contribution >= 0.6 is 0 Å². The third-order valence-electron chi connectivity index (χ3n) is 2.47. The molecule has 0 atom stereocenters. The highest BCUT2D eigenvalue weighted by molar-refractivity contribution is 5.73. The van der Waals surface area contributed by atoms with Gasteiger partial charge in [0.2, 0.25) is 0 Å². The van der Waals surface area contributed by atoms with Gasteiger partial charge >= 0.3 is 6.03 Å². The van der Waals surface area contributed by atoms with Gasteiger partial charge < -0.3 is 15.4 Å². The van der Waals surface area contributed by atoms with Crippen molar-refractivity contribution in [2.75, 3.05) is 13.3 Å². The maximum Gasteiger partial charge on any atom is 0.317 e. The molecule has 18 heavy (non-hydrogen) atoms. The van der Waals surface area contributed by atoms with Gasteiger partial charge in [-0.3, -0.25) is 0 Å². The molecule has 1 aromatic carbocycles. The minimum atomic E-state index is -0.195. The van der Waals surface area contributed by atoms with E-state index in [0.29, 0.717) is 6.54 Å². The van der Waals surface area contributed by atoms with Crippen LogP contribution in [0.4, 0.5) is 4.79 Å². The average molecular weight is 250 g/mol. The molecule has 1 aromatic rings. The van der Waals surface area contributed by atoms with E-state index in [0.717, 1.165) is 25.0 Å². The smallest absolute Gasteiger partial charge is 0.317 e. The summed E-state index contributed by atoms with van der Waals surface area (Å²) >= 11 is 0. The topological polar surface area (TPSA) is 50.4 Å². The number of aryl methyl sites for hydroxylation is 1. The van der Waals surface area contributed by atoms with E-state index >= 15 is 0 Å². The van der Waals surface area contributed by atoms with Gasteiger partial charge in [0.05, 0.1) is 0 Å². The number of rotatable bonds is 7. The molecule has 0 spiro atoms. The number of ether oxygens (including phenoxy) is 1. The second-order valence-corrected chi connectivity index (χ2v) is 4.12. The van der Waals surface area contributed by atoms with Gasteiger partial charge in [0, 0.05) is 6.54 Å². The zero-order valence-electron chi connectivity index (χ0n) is 11.2. The number of hydrogen-bond donors (Lipinski definition) is 2. The molecule has 0 aliphatic carbocycles. The Balaban J connectivity index is 2.24. The first-order valence-corrected chi connectivity index (χ1v) is 6.49. The van der Waals surface area contributed by atoms with Crippen LogP contribution in [0.2, 0.25) is 0 Å². The van der Waals surface area contributed by atoms with Gasteiger partial charge in [-0.25, -0.2) is 4.79 Å². The lowest BCUT2D eigenvalue weighted by Crippen LogP contribution is -2.37. The Morgan fingerprint density at radius 2 is 1.83 bits per heavy atom. The van der Waals surface area contributed by atoms with Crippen LogP contribution in [-0.4, -0.2) is 19.3 Å². The fraction of sp³-hybridized carbons (Fsp3) is 0.500. The molecule has 0 fully saturated rings. The number of carbonyl (C=O) groups excluding carboxylic acids is 1. The van der Waals surface area contributed by atoms with Gasteiger partial charge in [-0.15, -0.1) is 0 Å². The van der Waals surface area contributed by atoms with Crippen molar-refractivity contribution >= 4 is 6.03 Å². The van der Waals surface area contributed by atoms with Crippen molar-refractivity contribution in [2.45, 2.75) is 33.1 Å². The first-order chi connectivity index (χ1) is 8.76. The first-order valence-electron chi connectivity index (χ1n) is 6.49. The SMILES string of the molecule is CCCNC(=O)NCOc1ccc(CCC)cc1. The molecule has 0 radical (unpaired) electrons. The van der Waals surface area contributed by atoms with Crippen molar-refractivity contribution in [2.24, 2.45) is 0 Å². The van der Waals surface area contributed by atoms with E-state index < -0.39 is 0 Å². The van der Waals surface area contributed by atoms with Gasteiger partial charge in [0.15, 0.2) is 6.73 Å². The number of nitrogens with one attached hydrogen (secondary N) is 2. The van der Waals surface area contributed by atoms with Crippen LogP contribution in [0.3, 0.4) is 0 Å². The minimum absolute atomic E-state index is 0.183. The van der Waals surface area contributed by atoms with Crippen molar-refractivity contribution in [3.05, 3.63) is 29.8 Å². The summed E-state index contributed by atoms with van der Waals surface area (Å²) in [5, 5.41) is 5.35. The Hall–Kier alpha value is -1.71. The molecule has 4 heteroatoms. The second-order valence-electron chi connectivity index (χ2n) is 4.12. The molecule has 0 heterocycles. The van der Waals surface area contributed by atoms with Crippen LogP contribution in [0.25, 0.3) is 0 Å². The molecular formula is C14H22N2O2. The number of carbonyl (C=O) groups is 1. The summed E-state index contributed by atoms with van der Waals surface area (Å²) < 4.78 is 5.42. The fourth-order valence-corrected chi connectivity index (χ4v) is 1.53. The predicted molar refractivity (Wildman–Crippen MR) is 72.8 cm³/mol. The predicted octanol–water partition coefficient (Wildman–Crippen LogP) is 2.68. The molecule has 1 rings (SSSR count). The molecule has 2 N–H and O–H groups in total. The number of urea groups is 1. The van der Waals surface area contributed by atoms with Crippen LogP contribution in [0, 0.1) is 0 Å². The average Bonchev–Trinajstić information content (AvgIpc) is 2.39. The fourth-order valence-electron chi connectivity index (χ4n) is 1.53. The quantitative estimate of drug-likeness (QED) is 0.731. The van der Waals surface area contributed by atoms with Gasteiger partial charge in [-0.05, 0) is 30.5 Å². The highest BCUT2D eigenvalue weighted by Crippen LogP contribution is 2.12. The summed E-state index contributed by atoms with van der Waals surface area (Å²) in [5.74, 6) is 0.769. The lowest BCUT2D eigenvalue weighted by atomic mass is 10.1. The molecule has 0 unspecified atom stereocenters. The summed E-state index contributed by atoms with van der Waals surface area (Å²) in [6.07, 6.45) is 3.14. The second kappa shape index (κ2) is 8.39. The largest absolute Gasteiger partial charge is 0.473 e. The Labute approximate surface area is 109 Å². The summed E-state index contributed by atoms with van der Waals surface area (Å²) in [6.45, 7) is 5.03. The lowest BCUT2D eigenvalue weighted by Gasteiger charge is -2.09. The molecule has 4 nitrogen and oxygen atoms in total. The molecule has 0 saturated carbocycles. The third kappa shape index (κ3) is 5.57. The lowest BCUT2D eigenvalue weighted by molar-refractivity contribution is 0.224. The summed E-state index contributed by atoms with van der Waals surface area (Å²) in [5.41, 5.74) is 1.30.